The highest BCUT2D eigenvalue weighted by Gasteiger charge is 2.44. The van der Waals surface area contributed by atoms with Gasteiger partial charge in [0.15, 0.2) is 5.69 Å². The van der Waals surface area contributed by atoms with Gasteiger partial charge in [-0.25, -0.2) is 18.4 Å². The summed E-state index contributed by atoms with van der Waals surface area (Å²) in [7, 11) is 0. The first kappa shape index (κ1) is 21.5. The maximum Gasteiger partial charge on any atom is 0.410 e. The van der Waals surface area contributed by atoms with Gasteiger partial charge in [0, 0.05) is 19.4 Å². The first-order valence-corrected chi connectivity index (χ1v) is 10.5. The summed E-state index contributed by atoms with van der Waals surface area (Å²) >= 11 is 0. The summed E-state index contributed by atoms with van der Waals surface area (Å²) in [6, 6.07) is 5.80. The van der Waals surface area contributed by atoms with Gasteiger partial charge in [-0.1, -0.05) is 45.0 Å². The molecule has 0 spiro atoms. The summed E-state index contributed by atoms with van der Waals surface area (Å²) in [4.78, 5) is 17.8. The molecule has 2 aliphatic rings. The first-order valence-electron chi connectivity index (χ1n) is 10.5. The lowest BCUT2D eigenvalue weighted by Gasteiger charge is -2.41. The van der Waals surface area contributed by atoms with Crippen LogP contribution in [0.3, 0.4) is 0 Å². The molecular weight excluding hydrogens is 374 g/mol. The molecule has 1 aliphatic carbocycles. The molecule has 1 heterocycles. The van der Waals surface area contributed by atoms with E-state index >= 15 is 0 Å². The van der Waals surface area contributed by atoms with Gasteiger partial charge in [0.2, 0.25) is 0 Å². The second-order valence-electron chi connectivity index (χ2n) is 8.94. The van der Waals surface area contributed by atoms with Crippen LogP contribution in [0.25, 0.3) is 4.85 Å². The minimum absolute atomic E-state index is 0.0320. The van der Waals surface area contributed by atoms with Crippen LogP contribution in [0, 0.1) is 24.3 Å². The number of benzene rings is 1. The Morgan fingerprint density at radius 2 is 1.97 bits per heavy atom. The number of piperidine rings is 1. The van der Waals surface area contributed by atoms with Crippen molar-refractivity contribution in [2.75, 3.05) is 6.54 Å². The number of ether oxygens (including phenoxy) is 1. The lowest BCUT2D eigenvalue weighted by molar-refractivity contribution is -0.0820. The molecule has 0 aromatic heterocycles. The fraction of sp³-hybridized carbons (Fsp3) is 0.652. The van der Waals surface area contributed by atoms with E-state index in [1.165, 1.54) is 4.90 Å². The molecule has 1 saturated carbocycles. The minimum atomic E-state index is -2.82. The lowest BCUT2D eigenvalue weighted by Crippen LogP contribution is -2.47. The smallest absolute Gasteiger partial charge is 0.410 e. The Morgan fingerprint density at radius 3 is 2.59 bits per heavy atom. The van der Waals surface area contributed by atoms with Crippen LogP contribution in [0.4, 0.5) is 19.3 Å². The summed E-state index contributed by atoms with van der Waals surface area (Å²) in [5, 5.41) is 0. The maximum atomic E-state index is 14.2. The van der Waals surface area contributed by atoms with Gasteiger partial charge in [0.05, 0.1) is 12.6 Å². The zero-order chi connectivity index (χ0) is 21.2. The number of hydrogen-bond acceptors (Lipinski definition) is 2. The van der Waals surface area contributed by atoms with Gasteiger partial charge in [0.25, 0.3) is 5.92 Å². The van der Waals surface area contributed by atoms with E-state index in [1.54, 1.807) is 24.3 Å². The Balaban J connectivity index is 1.76. The highest BCUT2D eigenvalue weighted by molar-refractivity contribution is 5.69. The van der Waals surface area contributed by atoms with Crippen molar-refractivity contribution in [3.8, 4) is 0 Å². The largest absolute Gasteiger partial charge is 0.446 e. The van der Waals surface area contributed by atoms with Crippen molar-refractivity contribution in [3.05, 3.63) is 41.2 Å². The van der Waals surface area contributed by atoms with Crippen molar-refractivity contribution < 1.29 is 18.3 Å². The predicted molar refractivity (Wildman–Crippen MR) is 108 cm³/mol. The molecule has 0 N–H and O–H groups in total. The third-order valence-corrected chi connectivity index (χ3v) is 6.59. The average Bonchev–Trinajstić information content (AvgIpc) is 2.68. The maximum absolute atomic E-state index is 14.2. The number of likely N-dealkylation sites (tertiary alicyclic amines) is 1. The minimum Gasteiger partial charge on any atom is -0.446 e. The van der Waals surface area contributed by atoms with E-state index in [2.05, 4.69) is 25.6 Å². The molecule has 1 saturated heterocycles. The van der Waals surface area contributed by atoms with E-state index in [1.807, 2.05) is 0 Å². The van der Waals surface area contributed by atoms with E-state index < -0.39 is 24.5 Å². The van der Waals surface area contributed by atoms with Crippen LogP contribution in [0.15, 0.2) is 24.3 Å². The highest BCUT2D eigenvalue weighted by atomic mass is 19.3. The van der Waals surface area contributed by atoms with Gasteiger partial charge in [-0.15, -0.1) is 0 Å². The average molecular weight is 405 g/mol. The van der Waals surface area contributed by atoms with Crippen LogP contribution in [0.5, 0.6) is 0 Å². The second kappa shape index (κ2) is 8.69. The van der Waals surface area contributed by atoms with Crippen molar-refractivity contribution in [2.45, 2.75) is 70.9 Å². The molecule has 6 heteroatoms. The quantitative estimate of drug-likeness (QED) is 0.531. The SMILES string of the molecule is [C-]#[N+]c1ccc([C@@H]2CC(F)(F)CCN2C(=O)OC2C[C@H](C(C)C)CC[C@H]2C)cc1. The number of nitrogens with zero attached hydrogens (tertiary/aromatic N) is 2. The fourth-order valence-electron chi connectivity index (χ4n) is 4.50. The van der Waals surface area contributed by atoms with Crippen molar-refractivity contribution >= 4 is 11.8 Å². The third-order valence-electron chi connectivity index (χ3n) is 6.59. The lowest BCUT2D eigenvalue weighted by atomic mass is 9.76. The second-order valence-corrected chi connectivity index (χ2v) is 8.94. The van der Waals surface area contributed by atoms with Crippen molar-refractivity contribution in [2.24, 2.45) is 17.8 Å². The molecule has 1 aromatic rings. The molecule has 4 atom stereocenters. The number of amides is 1. The van der Waals surface area contributed by atoms with E-state index in [0.29, 0.717) is 23.1 Å². The van der Waals surface area contributed by atoms with Crippen molar-refractivity contribution in [1.82, 2.24) is 4.90 Å². The molecule has 3 rings (SSSR count). The van der Waals surface area contributed by atoms with Gasteiger partial charge in [-0.05, 0) is 42.6 Å². The third kappa shape index (κ3) is 5.07. The summed E-state index contributed by atoms with van der Waals surface area (Å²) in [6.07, 6.45) is 1.54. The van der Waals surface area contributed by atoms with Crippen LogP contribution < -0.4 is 0 Å². The number of hydrogen-bond donors (Lipinski definition) is 0. The van der Waals surface area contributed by atoms with Gasteiger partial charge in [0.1, 0.15) is 6.10 Å². The van der Waals surface area contributed by atoms with Crippen molar-refractivity contribution in [3.63, 3.8) is 0 Å². The van der Waals surface area contributed by atoms with Gasteiger partial charge < -0.3 is 9.64 Å². The van der Waals surface area contributed by atoms with Crippen LogP contribution in [-0.4, -0.2) is 29.6 Å². The van der Waals surface area contributed by atoms with E-state index in [4.69, 9.17) is 11.3 Å². The topological polar surface area (TPSA) is 33.9 Å². The Morgan fingerprint density at radius 1 is 1.28 bits per heavy atom. The van der Waals surface area contributed by atoms with Crippen molar-refractivity contribution in [1.29, 1.82) is 0 Å². The Hall–Kier alpha value is -2.16. The van der Waals surface area contributed by atoms with Gasteiger partial charge in [-0.3, -0.25) is 0 Å². The standard InChI is InChI=1S/C23H30F2N2O2/c1-15(2)18-6-5-16(3)21(13-18)29-22(28)27-12-11-23(24,25)14-20(27)17-7-9-19(26-4)10-8-17/h7-10,15-16,18,20-21H,5-6,11-14H2,1-3H3/t16-,18-,20+,21?/m1/s1. The molecule has 0 bridgehead atoms. The number of rotatable bonds is 3. The van der Waals surface area contributed by atoms with Crippen LogP contribution in [0.1, 0.15) is 64.5 Å². The molecule has 1 amide bonds. The van der Waals surface area contributed by atoms with Crippen LogP contribution in [0.2, 0.25) is 0 Å². The molecular formula is C23H30F2N2O2. The van der Waals surface area contributed by atoms with Crippen LogP contribution >= 0.6 is 0 Å². The first-order chi connectivity index (χ1) is 13.7. The summed E-state index contributed by atoms with van der Waals surface area (Å²) in [6.45, 7) is 13.5. The Bertz CT molecular complexity index is 757. The molecule has 1 unspecified atom stereocenters. The number of alkyl halides is 2. The molecule has 2 fully saturated rings. The molecule has 1 aliphatic heterocycles. The monoisotopic (exact) mass is 404 g/mol. The number of carbonyl (C=O) groups excluding carboxylic acids is 1. The van der Waals surface area contributed by atoms with Crippen LogP contribution in [-0.2, 0) is 4.74 Å². The zero-order valence-electron chi connectivity index (χ0n) is 17.4. The van der Waals surface area contributed by atoms with E-state index in [0.717, 1.165) is 19.3 Å². The normalized spacial score (nSPS) is 29.3. The fourth-order valence-corrected chi connectivity index (χ4v) is 4.50. The van der Waals surface area contributed by atoms with Gasteiger partial charge in [-0.2, -0.15) is 0 Å². The summed E-state index contributed by atoms with van der Waals surface area (Å²) in [5.74, 6) is -1.49. The summed E-state index contributed by atoms with van der Waals surface area (Å²) in [5.41, 5.74) is 1.06. The van der Waals surface area contributed by atoms with E-state index in [9.17, 15) is 13.6 Å². The predicted octanol–water partition coefficient (Wildman–Crippen LogP) is 6.61. The Labute approximate surface area is 172 Å². The number of carbonyl (C=O) groups is 1. The highest BCUT2D eigenvalue weighted by Crippen LogP contribution is 2.41. The molecule has 158 valence electrons. The molecule has 1 aromatic carbocycles. The Kier molecular flexibility index (Phi) is 6.45. The zero-order valence-corrected chi connectivity index (χ0v) is 17.4. The summed E-state index contributed by atoms with van der Waals surface area (Å²) < 4.78 is 34.2. The molecule has 29 heavy (non-hydrogen) atoms. The van der Waals surface area contributed by atoms with Gasteiger partial charge >= 0.3 is 6.09 Å². The molecule has 0 radical (unpaired) electrons. The molecule has 4 nitrogen and oxygen atoms in total. The van der Waals surface area contributed by atoms with E-state index in [-0.39, 0.29) is 25.0 Å². The number of halogens is 2.